The molecule has 0 radical (unpaired) electrons. The molecular weight excluding hydrogens is 544 g/mol. The van der Waals surface area contributed by atoms with Gasteiger partial charge in [-0.05, 0) is 96.1 Å². The highest BCUT2D eigenvalue weighted by Gasteiger charge is 2.12. The van der Waals surface area contributed by atoms with Crippen LogP contribution in [0.3, 0.4) is 0 Å². The maximum Gasteiger partial charge on any atom is 0.269 e. The van der Waals surface area contributed by atoms with Crippen molar-refractivity contribution in [3.8, 4) is 5.75 Å². The molecule has 0 aromatic heterocycles. The van der Waals surface area contributed by atoms with Gasteiger partial charge in [-0.2, -0.15) is 0 Å². The summed E-state index contributed by atoms with van der Waals surface area (Å²) in [6, 6.07) is 18.5. The van der Waals surface area contributed by atoms with Gasteiger partial charge < -0.3 is 10.1 Å². The van der Waals surface area contributed by atoms with Gasteiger partial charge in [-0.25, -0.2) is 0 Å². The van der Waals surface area contributed by atoms with Crippen molar-refractivity contribution in [2.24, 2.45) is 0 Å². The Bertz CT molecular complexity index is 1280. The second-order valence-electron chi connectivity index (χ2n) is 7.76. The molecule has 0 fully saturated rings. The fourth-order valence-electron chi connectivity index (χ4n) is 3.06. The third kappa shape index (κ3) is 7.62. The van der Waals surface area contributed by atoms with Crippen LogP contribution in [0, 0.1) is 6.92 Å². The minimum atomic E-state index is -0.469. The summed E-state index contributed by atoms with van der Waals surface area (Å²) in [5, 5.41) is 5.22. The minimum absolute atomic E-state index is 0.0715. The first-order valence-corrected chi connectivity index (χ1v) is 12.3. The van der Waals surface area contributed by atoms with E-state index in [1.54, 1.807) is 54.6 Å². The molecule has 0 bridgehead atoms. The van der Waals surface area contributed by atoms with Gasteiger partial charge in [0.1, 0.15) is 5.75 Å². The number of benzene rings is 3. The van der Waals surface area contributed by atoms with Crippen LogP contribution < -0.4 is 26.2 Å². The predicted octanol–water partition coefficient (Wildman–Crippen LogP) is 4.75. The summed E-state index contributed by atoms with van der Waals surface area (Å²) in [5.41, 5.74) is 7.71. The van der Waals surface area contributed by atoms with E-state index in [4.69, 9.17) is 17.0 Å². The molecule has 0 saturated heterocycles. The lowest BCUT2D eigenvalue weighted by molar-refractivity contribution is 0.0934. The second kappa shape index (κ2) is 12.8. The molecule has 0 atom stereocenters. The van der Waals surface area contributed by atoms with Gasteiger partial charge >= 0.3 is 0 Å². The maximum absolute atomic E-state index is 12.4. The van der Waals surface area contributed by atoms with Crippen molar-refractivity contribution in [3.05, 3.63) is 93.5 Å². The predicted molar refractivity (Wildman–Crippen MR) is 146 cm³/mol. The number of thiocarbonyl (C=S) groups is 1. The van der Waals surface area contributed by atoms with Crippen LogP contribution in [0.1, 0.15) is 50.0 Å². The van der Waals surface area contributed by atoms with Gasteiger partial charge in [0.25, 0.3) is 17.7 Å². The minimum Gasteiger partial charge on any atom is -0.492 e. The fraction of sp³-hybridized carbons (Fsp3) is 0.154. The standard InChI is InChI=1S/C26H25BrN4O4S/c1-3-13-35-22-12-9-19(15-21(22)27)24(33)29-26(36)31-30-25(34)17-7-10-20(11-8-17)28-23(32)18-6-4-5-16(2)14-18/h4-12,14-15H,3,13H2,1-2H3,(H,28,32)(H,30,34)(H2,29,31,33,36). The molecule has 0 spiro atoms. The smallest absolute Gasteiger partial charge is 0.269 e. The highest BCUT2D eigenvalue weighted by atomic mass is 79.9. The third-order valence-electron chi connectivity index (χ3n) is 4.86. The van der Waals surface area contributed by atoms with Crippen molar-refractivity contribution >= 4 is 56.7 Å². The first kappa shape index (κ1) is 26.8. The molecular formula is C26H25BrN4O4S. The number of carbonyl (C=O) groups is 3. The van der Waals surface area contributed by atoms with Gasteiger partial charge in [0.15, 0.2) is 5.11 Å². The summed E-state index contributed by atoms with van der Waals surface area (Å²) in [4.78, 5) is 37.2. The van der Waals surface area contributed by atoms with Gasteiger partial charge in [-0.3, -0.25) is 30.6 Å². The second-order valence-corrected chi connectivity index (χ2v) is 9.02. The lowest BCUT2D eigenvalue weighted by Gasteiger charge is -2.12. The zero-order valence-corrected chi connectivity index (χ0v) is 22.1. The summed E-state index contributed by atoms with van der Waals surface area (Å²) in [7, 11) is 0. The Hall–Kier alpha value is -3.76. The Morgan fingerprint density at radius 3 is 2.22 bits per heavy atom. The number of aryl methyl sites for hydroxylation is 1. The van der Waals surface area contributed by atoms with E-state index < -0.39 is 11.8 Å². The van der Waals surface area contributed by atoms with Crippen molar-refractivity contribution in [2.75, 3.05) is 11.9 Å². The average molecular weight is 569 g/mol. The summed E-state index contributed by atoms with van der Waals surface area (Å²) in [5.74, 6) is -0.516. The number of ether oxygens (including phenoxy) is 1. The molecule has 8 nitrogen and oxygen atoms in total. The molecule has 0 aliphatic rings. The van der Waals surface area contributed by atoms with Crippen molar-refractivity contribution < 1.29 is 19.1 Å². The lowest BCUT2D eigenvalue weighted by atomic mass is 10.1. The van der Waals surface area contributed by atoms with Crippen LogP contribution in [0.5, 0.6) is 5.75 Å². The van der Waals surface area contributed by atoms with Gasteiger partial charge in [0, 0.05) is 22.4 Å². The average Bonchev–Trinajstić information content (AvgIpc) is 2.87. The number of anilines is 1. The number of rotatable bonds is 7. The molecule has 0 aliphatic carbocycles. The zero-order valence-electron chi connectivity index (χ0n) is 19.7. The van der Waals surface area contributed by atoms with Gasteiger partial charge in [0.2, 0.25) is 0 Å². The molecule has 4 N–H and O–H groups in total. The van der Waals surface area contributed by atoms with Crippen LogP contribution in [0.2, 0.25) is 0 Å². The number of carbonyl (C=O) groups excluding carboxylic acids is 3. The molecule has 36 heavy (non-hydrogen) atoms. The van der Waals surface area contributed by atoms with E-state index in [0.717, 1.165) is 12.0 Å². The van der Waals surface area contributed by atoms with Gasteiger partial charge in [-0.15, -0.1) is 0 Å². The van der Waals surface area contributed by atoms with Crippen molar-refractivity contribution in [1.29, 1.82) is 0 Å². The Morgan fingerprint density at radius 1 is 0.861 bits per heavy atom. The number of hydrazine groups is 1. The lowest BCUT2D eigenvalue weighted by Crippen LogP contribution is -2.48. The molecule has 3 rings (SSSR count). The quantitative estimate of drug-likeness (QED) is 0.242. The van der Waals surface area contributed by atoms with E-state index in [0.29, 0.717) is 39.2 Å². The molecule has 0 unspecified atom stereocenters. The highest BCUT2D eigenvalue weighted by Crippen LogP contribution is 2.26. The topological polar surface area (TPSA) is 109 Å². The molecule has 0 saturated carbocycles. The normalized spacial score (nSPS) is 10.2. The van der Waals surface area contributed by atoms with Crippen LogP contribution in [0.15, 0.2) is 71.2 Å². The van der Waals surface area contributed by atoms with E-state index in [2.05, 4.69) is 37.4 Å². The fourth-order valence-corrected chi connectivity index (χ4v) is 3.69. The van der Waals surface area contributed by atoms with Crippen molar-refractivity contribution in [3.63, 3.8) is 0 Å². The number of amides is 3. The summed E-state index contributed by atoms with van der Waals surface area (Å²) >= 11 is 8.48. The number of hydrogen-bond donors (Lipinski definition) is 4. The van der Waals surface area contributed by atoms with Gasteiger partial charge in [-0.1, -0.05) is 24.6 Å². The Labute approximate surface area is 222 Å². The first-order chi connectivity index (χ1) is 17.3. The van der Waals surface area contributed by atoms with E-state index >= 15 is 0 Å². The van der Waals surface area contributed by atoms with Crippen molar-refractivity contribution in [2.45, 2.75) is 20.3 Å². The van der Waals surface area contributed by atoms with Gasteiger partial charge in [0.05, 0.1) is 11.1 Å². The first-order valence-electron chi connectivity index (χ1n) is 11.1. The van der Waals surface area contributed by atoms with Crippen LogP contribution in [-0.2, 0) is 0 Å². The van der Waals surface area contributed by atoms with Crippen molar-refractivity contribution in [1.82, 2.24) is 16.2 Å². The van der Waals surface area contributed by atoms with E-state index in [-0.39, 0.29) is 11.0 Å². The summed E-state index contributed by atoms with van der Waals surface area (Å²) in [6.45, 7) is 4.49. The monoisotopic (exact) mass is 568 g/mol. The SMILES string of the molecule is CCCOc1ccc(C(=O)NC(=S)NNC(=O)c2ccc(NC(=O)c3cccc(C)c3)cc2)cc1Br. The Morgan fingerprint density at radius 2 is 1.56 bits per heavy atom. The van der Waals surface area contributed by atoms with E-state index in [1.807, 2.05) is 26.0 Å². The number of nitrogens with one attached hydrogen (secondary N) is 4. The third-order valence-corrected chi connectivity index (χ3v) is 5.68. The maximum atomic E-state index is 12.4. The number of hydrogen-bond acceptors (Lipinski definition) is 5. The summed E-state index contributed by atoms with van der Waals surface area (Å²) < 4.78 is 6.22. The summed E-state index contributed by atoms with van der Waals surface area (Å²) in [6.07, 6.45) is 0.870. The molecule has 0 heterocycles. The van der Waals surface area contributed by atoms with Crippen LogP contribution >= 0.6 is 28.1 Å². The number of halogens is 1. The Balaban J connectivity index is 1.49. The molecule has 10 heteroatoms. The molecule has 186 valence electrons. The van der Waals surface area contributed by atoms with E-state index in [9.17, 15) is 14.4 Å². The Kier molecular flexibility index (Phi) is 9.54. The zero-order chi connectivity index (χ0) is 26.1. The molecule has 3 aromatic rings. The van der Waals surface area contributed by atoms with Crippen LogP contribution in [0.4, 0.5) is 5.69 Å². The highest BCUT2D eigenvalue weighted by molar-refractivity contribution is 9.10. The molecule has 3 aromatic carbocycles. The van der Waals surface area contributed by atoms with Crippen LogP contribution in [0.25, 0.3) is 0 Å². The van der Waals surface area contributed by atoms with E-state index in [1.165, 1.54) is 0 Å². The molecule has 0 aliphatic heterocycles. The van der Waals surface area contributed by atoms with Crippen LogP contribution in [-0.4, -0.2) is 29.4 Å². The molecule has 3 amide bonds. The largest absolute Gasteiger partial charge is 0.492 e.